The van der Waals surface area contributed by atoms with Crippen LogP contribution in [0, 0.1) is 5.92 Å². The van der Waals surface area contributed by atoms with E-state index in [0.717, 1.165) is 31.2 Å². The number of hydrogen-bond donors (Lipinski definition) is 3. The lowest BCUT2D eigenvalue weighted by molar-refractivity contribution is -0.312. The molecule has 0 radical (unpaired) electrons. The van der Waals surface area contributed by atoms with Crippen LogP contribution in [0.1, 0.15) is 73.7 Å². The van der Waals surface area contributed by atoms with Crippen LogP contribution >= 0.6 is 11.8 Å². The molecule has 0 saturated carbocycles. The summed E-state index contributed by atoms with van der Waals surface area (Å²) in [5.41, 5.74) is -0.884. The molecule has 3 heterocycles. The summed E-state index contributed by atoms with van der Waals surface area (Å²) in [7, 11) is 1.55. The second kappa shape index (κ2) is 22.8. The van der Waals surface area contributed by atoms with Crippen LogP contribution in [0.15, 0.2) is 59.5 Å². The second-order valence-electron chi connectivity index (χ2n) is 16.5. The first-order valence-corrected chi connectivity index (χ1v) is 21.9. The fourth-order valence-corrected chi connectivity index (χ4v) is 8.21. The molecule has 20 heteroatoms. The van der Waals surface area contributed by atoms with Crippen molar-refractivity contribution in [3.05, 3.63) is 60.2 Å². The Morgan fingerprint density at radius 2 is 1.44 bits per heavy atom. The molecule has 0 spiro atoms. The first kappa shape index (κ1) is 50.0. The first-order valence-electron chi connectivity index (χ1n) is 21.0. The van der Waals surface area contributed by atoms with E-state index in [-0.39, 0.29) is 19.8 Å². The highest BCUT2D eigenvalue weighted by molar-refractivity contribution is 7.99. The Labute approximate surface area is 376 Å². The lowest BCUT2D eigenvalue weighted by Crippen LogP contribution is -2.71. The van der Waals surface area contributed by atoms with Gasteiger partial charge in [0, 0.05) is 50.3 Å². The number of rotatable bonds is 16. The Bertz CT molecular complexity index is 1910. The minimum atomic E-state index is -1.78. The van der Waals surface area contributed by atoms with Gasteiger partial charge in [-0.15, -0.1) is 0 Å². The van der Waals surface area contributed by atoms with E-state index in [0.29, 0.717) is 12.2 Å². The van der Waals surface area contributed by atoms with Gasteiger partial charge in [0.1, 0.15) is 35.1 Å². The van der Waals surface area contributed by atoms with Crippen molar-refractivity contribution >= 4 is 47.6 Å². The second-order valence-corrected chi connectivity index (χ2v) is 17.7. The Balaban J connectivity index is 1.54. The molecule has 352 valence electrons. The summed E-state index contributed by atoms with van der Waals surface area (Å²) in [6.07, 6.45) is -11.9. The largest absolute Gasteiger partial charge is 0.497 e. The molecule has 5 unspecified atom stereocenters. The summed E-state index contributed by atoms with van der Waals surface area (Å²) >= 11 is 1.26. The Morgan fingerprint density at radius 1 is 0.797 bits per heavy atom. The highest BCUT2D eigenvalue weighted by Crippen LogP contribution is 2.41. The van der Waals surface area contributed by atoms with E-state index in [1.54, 1.807) is 53.9 Å². The topological polar surface area (TPSA) is 231 Å². The standard InChI is InChI=1S/C44H59N3O16S/c1-23(2)38(51)47-40-37(59-26(5)50)35(58-25(4)49)34(57-24(3)48)36(61-40)39(52)46-31-33(55-21-13-20-45-43(53)63-44(6,7)8)32-30(22-56-41(62-32)27-14-11-10-12-15-27)60-42(31)64-29-18-16-28(54-9)17-19-29/h10-12,14-19,23,30-37,40-42H,13,20-22H2,1-9H3,(H,45,53)(H,46,52)(H,47,51)/t30?,31?,32-,33+,34-,35-,36?,37?,40+,41?,42-/m0/s1. The molecule has 3 fully saturated rings. The molecule has 3 saturated heterocycles. The van der Waals surface area contributed by atoms with Gasteiger partial charge in [0.25, 0.3) is 5.91 Å². The molecular formula is C44H59N3O16S. The molecule has 2 aromatic carbocycles. The molecule has 0 aliphatic carbocycles. The van der Waals surface area contributed by atoms with Crippen molar-refractivity contribution in [1.29, 1.82) is 0 Å². The van der Waals surface area contributed by atoms with Crippen molar-refractivity contribution in [2.75, 3.05) is 26.9 Å². The molecule has 0 aromatic heterocycles. The van der Waals surface area contributed by atoms with Gasteiger partial charge in [-0.05, 0) is 51.5 Å². The van der Waals surface area contributed by atoms with Gasteiger partial charge in [0.05, 0.1) is 19.8 Å². The highest BCUT2D eigenvalue weighted by Gasteiger charge is 2.57. The molecule has 5 rings (SSSR count). The van der Waals surface area contributed by atoms with E-state index in [9.17, 15) is 28.8 Å². The number of nitrogens with one attached hydrogen (secondary N) is 3. The summed E-state index contributed by atoms with van der Waals surface area (Å²) in [4.78, 5) is 78.9. The van der Waals surface area contributed by atoms with Gasteiger partial charge in [0.15, 0.2) is 36.9 Å². The quantitative estimate of drug-likeness (QED) is 0.124. The molecule has 64 heavy (non-hydrogen) atoms. The van der Waals surface area contributed by atoms with Crippen molar-refractivity contribution in [3.63, 3.8) is 0 Å². The fourth-order valence-electron chi connectivity index (χ4n) is 7.08. The highest BCUT2D eigenvalue weighted by atomic mass is 32.2. The van der Waals surface area contributed by atoms with Gasteiger partial charge in [-0.1, -0.05) is 55.9 Å². The third-order valence-electron chi connectivity index (χ3n) is 9.84. The maximum Gasteiger partial charge on any atom is 0.407 e. The number of carbonyl (C=O) groups excluding carboxylic acids is 6. The lowest BCUT2D eigenvalue weighted by Gasteiger charge is -2.50. The number of thioether (sulfide) groups is 1. The Kier molecular flexibility index (Phi) is 17.8. The number of fused-ring (bicyclic) bond motifs is 1. The number of alkyl carbamates (subject to hydrolysis) is 1. The van der Waals surface area contributed by atoms with Gasteiger partial charge < -0.3 is 63.3 Å². The zero-order chi connectivity index (χ0) is 46.7. The van der Waals surface area contributed by atoms with E-state index in [1.807, 2.05) is 42.5 Å². The zero-order valence-corrected chi connectivity index (χ0v) is 38.2. The molecule has 11 atom stereocenters. The number of carbonyl (C=O) groups is 6. The molecule has 3 N–H and O–H groups in total. The number of hydrogen-bond acceptors (Lipinski definition) is 17. The average molecular weight is 918 g/mol. The third kappa shape index (κ3) is 14.0. The van der Waals surface area contributed by atoms with Gasteiger partial charge in [0.2, 0.25) is 5.91 Å². The number of benzene rings is 2. The predicted molar refractivity (Wildman–Crippen MR) is 226 cm³/mol. The van der Waals surface area contributed by atoms with Crippen molar-refractivity contribution in [3.8, 4) is 5.75 Å². The van der Waals surface area contributed by atoms with Crippen LogP contribution in [0.4, 0.5) is 4.79 Å². The van der Waals surface area contributed by atoms with Crippen molar-refractivity contribution in [2.24, 2.45) is 5.92 Å². The van der Waals surface area contributed by atoms with Crippen LogP contribution in [-0.4, -0.2) is 129 Å². The zero-order valence-electron chi connectivity index (χ0n) is 37.4. The van der Waals surface area contributed by atoms with Crippen LogP contribution < -0.4 is 20.7 Å². The fraction of sp³-hybridized carbons (Fsp3) is 0.591. The molecule has 2 aromatic rings. The Morgan fingerprint density at radius 3 is 2.05 bits per heavy atom. The monoisotopic (exact) mass is 917 g/mol. The smallest absolute Gasteiger partial charge is 0.407 e. The van der Waals surface area contributed by atoms with Crippen LogP contribution in [0.3, 0.4) is 0 Å². The van der Waals surface area contributed by atoms with E-state index in [2.05, 4.69) is 16.0 Å². The van der Waals surface area contributed by atoms with Gasteiger partial charge in [-0.25, -0.2) is 4.79 Å². The van der Waals surface area contributed by atoms with E-state index in [4.69, 9.17) is 47.4 Å². The van der Waals surface area contributed by atoms with Crippen molar-refractivity contribution < 1.29 is 76.1 Å². The molecule has 3 aliphatic heterocycles. The number of amides is 3. The summed E-state index contributed by atoms with van der Waals surface area (Å²) in [5.74, 6) is -4.00. The van der Waals surface area contributed by atoms with Gasteiger partial charge in [-0.3, -0.25) is 24.0 Å². The molecular weight excluding hydrogens is 859 g/mol. The summed E-state index contributed by atoms with van der Waals surface area (Å²) < 4.78 is 59.8. The van der Waals surface area contributed by atoms with E-state index in [1.165, 1.54) is 11.8 Å². The summed E-state index contributed by atoms with van der Waals surface area (Å²) in [5, 5.41) is 8.36. The number of ether oxygens (including phenoxy) is 10. The molecule has 3 aliphatic rings. The lowest BCUT2D eigenvalue weighted by atomic mass is 9.93. The third-order valence-corrected chi connectivity index (χ3v) is 11.0. The summed E-state index contributed by atoms with van der Waals surface area (Å²) in [6, 6.07) is 15.3. The maximum absolute atomic E-state index is 15.0. The van der Waals surface area contributed by atoms with Gasteiger partial charge >= 0.3 is 24.0 Å². The minimum Gasteiger partial charge on any atom is -0.497 e. The Hall–Kier alpha value is -4.99. The number of esters is 3. The van der Waals surface area contributed by atoms with Crippen molar-refractivity contribution in [2.45, 2.75) is 139 Å². The van der Waals surface area contributed by atoms with Gasteiger partial charge in [-0.2, -0.15) is 0 Å². The minimum absolute atomic E-state index is 0.0636. The average Bonchev–Trinajstić information content (AvgIpc) is 3.22. The van der Waals surface area contributed by atoms with Crippen LogP contribution in [0.25, 0.3) is 0 Å². The van der Waals surface area contributed by atoms with E-state index < -0.39 is 114 Å². The predicted octanol–water partition coefficient (Wildman–Crippen LogP) is 3.70. The first-order chi connectivity index (χ1) is 30.3. The summed E-state index contributed by atoms with van der Waals surface area (Å²) in [6.45, 7) is 12.1. The van der Waals surface area contributed by atoms with Crippen LogP contribution in [0.5, 0.6) is 5.75 Å². The van der Waals surface area contributed by atoms with Crippen LogP contribution in [-0.2, 0) is 66.6 Å². The normalized spacial score (nSPS) is 27.8. The van der Waals surface area contributed by atoms with Crippen LogP contribution in [0.2, 0.25) is 0 Å². The van der Waals surface area contributed by atoms with Crippen molar-refractivity contribution in [1.82, 2.24) is 16.0 Å². The van der Waals surface area contributed by atoms with E-state index >= 15 is 0 Å². The molecule has 3 amide bonds. The maximum atomic E-state index is 15.0. The molecule has 19 nitrogen and oxygen atoms in total. The SMILES string of the molecule is COc1ccc(S[C@@H]2OC3COC(c4ccccc4)O[C@@H]3[C@H](OCCCNC(=O)OC(C)(C)C)C2NC(=O)C2O[C@@H](NC(=O)C(C)C)C(OC(C)=O)[C@@H](OC(C)=O)[C@@H]2OC(C)=O)cc1. The number of methoxy groups -OCH3 is 1. The molecule has 0 bridgehead atoms.